The molecule has 0 radical (unpaired) electrons. The van der Waals surface area contributed by atoms with Crippen molar-refractivity contribution < 1.29 is 177 Å². The molecule has 10 aliphatic heterocycles. The van der Waals surface area contributed by atoms with Crippen LogP contribution in [0.2, 0.25) is 10.0 Å². The van der Waals surface area contributed by atoms with Gasteiger partial charge in [-0.05, 0) is 140 Å². The molecule has 47 heteroatoms. The van der Waals surface area contributed by atoms with Crippen LogP contribution < -0.4 is 67.6 Å². The topological polar surface area (TPSA) is 710 Å². The van der Waals surface area contributed by atoms with Gasteiger partial charge in [-0.2, -0.15) is 0 Å². The van der Waals surface area contributed by atoms with Crippen molar-refractivity contribution in [3.8, 4) is 68.6 Å². The molecule has 0 saturated carbocycles. The number of carboxylic acids is 1. The first kappa shape index (κ1) is 99.4. The van der Waals surface area contributed by atoms with Gasteiger partial charge in [-0.15, -0.1) is 0 Å². The fourth-order valence-electron chi connectivity index (χ4n) is 17.2. The van der Waals surface area contributed by atoms with E-state index in [-0.39, 0.29) is 46.6 Å². The zero-order valence-electron chi connectivity index (χ0n) is 72.2. The number of phenolic OH excluding ortho intramolecular Hbond substituents is 4. The maximum atomic E-state index is 16.9. The number of benzene rings is 7. The number of likely N-dealkylation sites (N-methyl/N-ethyl adjacent to an activating group) is 1. The van der Waals surface area contributed by atoms with E-state index < -0.39 is 334 Å². The lowest BCUT2D eigenvalue weighted by Gasteiger charge is -2.44. The summed E-state index contributed by atoms with van der Waals surface area (Å²) >= 11 is 14.1. The third kappa shape index (κ3) is 20.6. The van der Waals surface area contributed by atoms with Gasteiger partial charge in [-0.1, -0.05) is 65.7 Å². The van der Waals surface area contributed by atoms with Crippen LogP contribution in [-0.2, 0) is 71.5 Å². The molecule has 28 N–H and O–H groups in total. The summed E-state index contributed by atoms with van der Waals surface area (Å²) < 4.78 is 76.1. The van der Waals surface area contributed by atoms with Crippen LogP contribution in [0.5, 0.6) is 57.5 Å². The third-order valence-electron chi connectivity index (χ3n) is 24.8. The molecule has 7 aromatic carbocycles. The van der Waals surface area contributed by atoms with Crippen LogP contribution in [0.15, 0.2) is 127 Å². The molecule has 0 aromatic heterocycles. The Morgan fingerprint density at radius 1 is 0.478 bits per heavy atom. The quantitative estimate of drug-likeness (QED) is 0.0447. The Labute approximate surface area is 781 Å². The molecule has 136 heavy (non-hydrogen) atoms. The van der Waals surface area contributed by atoms with Gasteiger partial charge in [0, 0.05) is 47.7 Å². The zero-order valence-corrected chi connectivity index (χ0v) is 73.7. The second-order valence-electron chi connectivity index (χ2n) is 34.0. The third-order valence-corrected chi connectivity index (χ3v) is 25.4. The highest BCUT2D eigenvalue weighted by atomic mass is 35.5. The van der Waals surface area contributed by atoms with Crippen molar-refractivity contribution in [1.82, 2.24) is 37.2 Å². The highest BCUT2D eigenvalue weighted by molar-refractivity contribution is 6.32. The fraction of sp³-hybridized carbons (Fsp3) is 0.449. The number of aliphatic carboxylic acids is 1. The number of amides is 6. The van der Waals surface area contributed by atoms with Crippen LogP contribution in [0.4, 0.5) is 0 Å². The van der Waals surface area contributed by atoms with Gasteiger partial charge in [0.1, 0.15) is 150 Å². The standard InChI is InChI=1S/C89H101Cl2N9O36/c1-30-66(107)46(92)26-56(125-30)133-77-37-11-18-51(45(91)21-37)130-53-23-38-22-52(78(53)136-89-79(73(114)70(111)55(29-102)132-89)134-57-27-47(93)67(108)31(2)126-57)128-40-14-7-34(8-15-40)76(135-88-75(116)72(113)69(110)54(28-101)131-88)64(99-80(117)59(94-4)33-5-12-41(13-6-33)129-87-74(115)71(112)68(109)32(3)127-87)84(121)96-61(36-10-17-49(105)44(90)20-36)81(118)97-62(38)83(120)95-60-35-9-16-48(104)42(19-35)58-43(24-39(103)25-50(58)106)63(86(123)124)98-85(122)65(77)100-82(60)119/h5-25,30-32,46-47,54-57,59-77,79,87-89,94,101-116H,26-29,92-93H2,1-4H3,(H,95,120)(H,96,121)(H,97,118)(H,98,122)(H,99,117)(H,100,119)(H,123,124). The van der Waals surface area contributed by atoms with E-state index in [1.54, 1.807) is 0 Å². The maximum absolute atomic E-state index is 16.9. The number of aliphatic hydroxyl groups is 12. The summed E-state index contributed by atoms with van der Waals surface area (Å²) in [6, 6.07) is 5.55. The second-order valence-corrected chi connectivity index (χ2v) is 34.8. The lowest BCUT2D eigenvalue weighted by molar-refractivity contribution is -0.330. The van der Waals surface area contributed by atoms with Crippen molar-refractivity contribution in [2.45, 2.75) is 229 Å². The van der Waals surface area contributed by atoms with Gasteiger partial charge in [0.25, 0.3) is 0 Å². The van der Waals surface area contributed by atoms with Gasteiger partial charge in [0.2, 0.25) is 53.8 Å². The number of nitrogens with one attached hydrogen (secondary N) is 7. The number of hydrogen-bond donors (Lipinski definition) is 26. The molecule has 32 atom stereocenters. The van der Waals surface area contributed by atoms with Crippen LogP contribution >= 0.6 is 23.2 Å². The lowest BCUT2D eigenvalue weighted by Crippen LogP contribution is -2.62. The largest absolute Gasteiger partial charge is 0.508 e. The molecule has 0 spiro atoms. The molecule has 17 rings (SSSR count). The average Bonchev–Trinajstić information content (AvgIpc) is 0.757. The number of fused-ring (bicyclic) bond motifs is 15. The number of hydrogen-bond acceptors (Lipinski definition) is 38. The molecule has 10 heterocycles. The van der Waals surface area contributed by atoms with Gasteiger partial charge >= 0.3 is 5.97 Å². The van der Waals surface area contributed by atoms with E-state index >= 15 is 28.8 Å². The minimum atomic E-state index is -2.49. The molecule has 45 nitrogen and oxygen atoms in total. The van der Waals surface area contributed by atoms with Crippen molar-refractivity contribution in [3.63, 3.8) is 0 Å². The minimum absolute atomic E-state index is 0.00609. The van der Waals surface area contributed by atoms with Crippen molar-refractivity contribution in [2.75, 3.05) is 20.3 Å². The molecule has 5 saturated heterocycles. The van der Waals surface area contributed by atoms with Gasteiger partial charge < -0.3 is 192 Å². The van der Waals surface area contributed by atoms with Gasteiger partial charge in [-0.3, -0.25) is 28.8 Å². The number of carboxylic acid groups (broad SMARTS) is 1. The molecule has 32 unspecified atom stereocenters. The first-order valence-electron chi connectivity index (χ1n) is 42.9. The molecular formula is C89H101Cl2N9O36. The Morgan fingerprint density at radius 3 is 1.62 bits per heavy atom. The summed E-state index contributed by atoms with van der Waals surface area (Å²) in [6.07, 6.45) is -40.4. The van der Waals surface area contributed by atoms with E-state index in [0.29, 0.717) is 0 Å². The number of ether oxygens (including phenoxy) is 12. The predicted molar refractivity (Wildman–Crippen MR) is 461 cm³/mol. The Morgan fingerprint density at radius 2 is 1.01 bits per heavy atom. The second kappa shape index (κ2) is 41.3. The van der Waals surface area contributed by atoms with Gasteiger partial charge in [0.15, 0.2) is 42.5 Å². The summed E-state index contributed by atoms with van der Waals surface area (Å²) in [5.74, 6) is -16.3. The molecule has 0 aliphatic carbocycles. The minimum Gasteiger partial charge on any atom is -0.508 e. The van der Waals surface area contributed by atoms with Crippen molar-refractivity contribution in [1.29, 1.82) is 0 Å². The number of rotatable bonds is 18. The van der Waals surface area contributed by atoms with Crippen LogP contribution in [0, 0.1) is 0 Å². The molecule has 5 fully saturated rings. The Hall–Kier alpha value is -11.1. The monoisotopic (exact) mass is 1940 g/mol. The Bertz CT molecular complexity index is 5560. The smallest absolute Gasteiger partial charge is 0.330 e. The van der Waals surface area contributed by atoms with E-state index in [1.165, 1.54) is 82.4 Å². The normalized spacial score (nSPS) is 34.0. The van der Waals surface area contributed by atoms with Crippen LogP contribution in [0.1, 0.15) is 115 Å². The number of nitrogens with two attached hydrogens (primary N) is 2. The fourth-order valence-corrected chi connectivity index (χ4v) is 17.7. The summed E-state index contributed by atoms with van der Waals surface area (Å²) in [4.78, 5) is 112. The van der Waals surface area contributed by atoms with Crippen LogP contribution in [0.3, 0.4) is 0 Å². The predicted octanol–water partition coefficient (Wildman–Crippen LogP) is -1.88. The molecule has 7 aromatic rings. The summed E-state index contributed by atoms with van der Waals surface area (Å²) in [6.45, 7) is 2.24. The highest BCUT2D eigenvalue weighted by Gasteiger charge is 2.53. The summed E-state index contributed by atoms with van der Waals surface area (Å²) in [7, 11) is 1.33. The maximum Gasteiger partial charge on any atom is 0.330 e. The molecular weight excluding hydrogens is 1840 g/mol. The van der Waals surface area contributed by atoms with E-state index in [1.807, 2.05) is 0 Å². The van der Waals surface area contributed by atoms with E-state index in [0.717, 1.165) is 72.8 Å². The van der Waals surface area contributed by atoms with Crippen molar-refractivity contribution >= 4 is 64.6 Å². The number of carbonyl (C=O) groups is 7. The number of carbonyl (C=O) groups excluding carboxylic acids is 6. The SMILES string of the molecule is CNC(C(=O)NC1C(=O)NC(c2ccc(O)c(Cl)c2)C(=O)NC2C(=O)NC3C(=O)NC(C(=O)NC(C(=O)O)c4cc(O)cc(O)c4-c4cc3ccc4O)C(OC3CC(N)C(O)C(C)O3)c3ccc(c(Cl)c3)Oc3cc2cc(c3OC2OC(CO)C(O)C(O)C2OC2CC(N)C(O)C(C)O2)Oc2ccc(cc2)C1OC1OC(CO)C(O)C(O)C1O)c1ccc(OC2OC(C)C(O)C(O)C2O)cc1. The summed E-state index contributed by atoms with van der Waals surface area (Å²) in [5, 5.41) is 208. The first-order chi connectivity index (χ1) is 64.7. The average molecular weight is 1940 g/mol. The van der Waals surface area contributed by atoms with Crippen LogP contribution in [0.25, 0.3) is 11.1 Å². The number of phenols is 4. The summed E-state index contributed by atoms with van der Waals surface area (Å²) in [5.41, 5.74) is 9.48. The van der Waals surface area contributed by atoms with Gasteiger partial charge in [0.05, 0.1) is 53.8 Å². The molecule has 6 amide bonds. The lowest BCUT2D eigenvalue weighted by atomic mass is 9.89. The van der Waals surface area contributed by atoms with Crippen molar-refractivity contribution in [2.24, 2.45) is 11.5 Å². The molecule has 732 valence electrons. The van der Waals surface area contributed by atoms with E-state index in [4.69, 9.17) is 91.5 Å². The Kier molecular flexibility index (Phi) is 30.2. The highest BCUT2D eigenvalue weighted by Crippen LogP contribution is 2.51. The number of halogens is 2. The number of aromatic hydroxyl groups is 4. The number of aliphatic hydroxyl groups excluding tert-OH is 12. The molecule has 10 aliphatic rings. The van der Waals surface area contributed by atoms with E-state index in [2.05, 4.69) is 37.2 Å². The van der Waals surface area contributed by atoms with Gasteiger partial charge in [-0.25, -0.2) is 4.79 Å². The first-order valence-corrected chi connectivity index (χ1v) is 43.7. The molecule has 11 bridgehead atoms. The zero-order chi connectivity index (χ0) is 97.8. The van der Waals surface area contributed by atoms with Crippen molar-refractivity contribution in [3.05, 3.63) is 176 Å². The van der Waals surface area contributed by atoms with E-state index in [9.17, 15) is 91.6 Å². The Balaban J connectivity index is 0.957. The van der Waals surface area contributed by atoms with Crippen LogP contribution in [-0.4, -0.2) is 302 Å².